The molecule has 0 aliphatic rings. The van der Waals surface area contributed by atoms with Crippen LogP contribution in [0, 0.1) is 5.92 Å². The quantitative estimate of drug-likeness (QED) is 0.440. The van der Waals surface area contributed by atoms with Crippen LogP contribution >= 0.6 is 0 Å². The van der Waals surface area contributed by atoms with E-state index < -0.39 is 17.2 Å². The molecular weight excluding hydrogens is 438 g/mol. The lowest BCUT2D eigenvalue weighted by Crippen LogP contribution is -2.31. The zero-order chi connectivity index (χ0) is 24.8. The number of benzene rings is 1. The number of nitrogens with one attached hydrogen (secondary N) is 2. The van der Waals surface area contributed by atoms with E-state index in [9.17, 15) is 19.2 Å². The molecule has 3 rings (SSSR count). The topological polar surface area (TPSA) is 128 Å². The molecule has 3 aromatic rings. The highest BCUT2D eigenvalue weighted by molar-refractivity contribution is 5.93. The van der Waals surface area contributed by atoms with Gasteiger partial charge in [0.15, 0.2) is 11.2 Å². The molecule has 1 amide bonds. The van der Waals surface area contributed by atoms with Crippen LogP contribution < -0.4 is 16.6 Å². The second-order valence-electron chi connectivity index (χ2n) is 8.59. The number of carbonyl (C=O) groups is 2. The number of hydrogen-bond acceptors (Lipinski definition) is 6. The summed E-state index contributed by atoms with van der Waals surface area (Å²) in [6.45, 7) is 7.09. The van der Waals surface area contributed by atoms with Crippen LogP contribution in [0.4, 0.5) is 5.69 Å². The number of methoxy groups -OCH3 is 1. The lowest BCUT2D eigenvalue weighted by molar-refractivity contribution is -0.116. The average molecular weight is 470 g/mol. The highest BCUT2D eigenvalue weighted by Crippen LogP contribution is 2.17. The number of imidazole rings is 1. The maximum absolute atomic E-state index is 12.7. The van der Waals surface area contributed by atoms with Crippen LogP contribution in [-0.4, -0.2) is 38.1 Å². The SMILES string of the molecule is CCCCn1c(=O)[nH]c(=O)c2c1nc(CCC(=O)Nc1ccc(C(=O)OC)cc1)n2CC(C)C. The highest BCUT2D eigenvalue weighted by atomic mass is 16.5. The van der Waals surface area contributed by atoms with Gasteiger partial charge in [-0.05, 0) is 36.6 Å². The van der Waals surface area contributed by atoms with Gasteiger partial charge >= 0.3 is 11.7 Å². The Hall–Kier alpha value is -3.69. The summed E-state index contributed by atoms with van der Waals surface area (Å²) in [5, 5.41) is 2.80. The fraction of sp³-hybridized carbons (Fsp3) is 0.458. The number of aromatic nitrogens is 4. The largest absolute Gasteiger partial charge is 0.465 e. The van der Waals surface area contributed by atoms with Crippen molar-refractivity contribution in [2.24, 2.45) is 5.92 Å². The third kappa shape index (κ3) is 5.62. The third-order valence-electron chi connectivity index (χ3n) is 5.41. The van der Waals surface area contributed by atoms with E-state index in [0.29, 0.717) is 47.7 Å². The van der Waals surface area contributed by atoms with Gasteiger partial charge in [-0.3, -0.25) is 19.1 Å². The zero-order valence-corrected chi connectivity index (χ0v) is 20.0. The van der Waals surface area contributed by atoms with Gasteiger partial charge in [-0.2, -0.15) is 0 Å². The minimum absolute atomic E-state index is 0.136. The van der Waals surface area contributed by atoms with E-state index in [1.54, 1.807) is 24.3 Å². The van der Waals surface area contributed by atoms with E-state index in [1.807, 2.05) is 25.3 Å². The van der Waals surface area contributed by atoms with Gasteiger partial charge in [0.2, 0.25) is 5.91 Å². The van der Waals surface area contributed by atoms with Gasteiger partial charge in [-0.1, -0.05) is 27.2 Å². The molecule has 0 saturated heterocycles. The molecule has 2 N–H and O–H groups in total. The second-order valence-corrected chi connectivity index (χ2v) is 8.59. The number of carbonyl (C=O) groups excluding carboxylic acids is 2. The maximum atomic E-state index is 12.7. The van der Waals surface area contributed by atoms with Crippen LogP contribution in [0.25, 0.3) is 11.2 Å². The molecule has 0 fully saturated rings. The van der Waals surface area contributed by atoms with Crippen LogP contribution in [0.15, 0.2) is 33.9 Å². The molecule has 0 spiro atoms. The van der Waals surface area contributed by atoms with E-state index in [4.69, 9.17) is 0 Å². The molecule has 2 heterocycles. The number of nitrogens with zero attached hydrogens (tertiary/aromatic N) is 3. The smallest absolute Gasteiger partial charge is 0.337 e. The normalized spacial score (nSPS) is 11.2. The molecule has 1 aromatic carbocycles. The number of unbranched alkanes of at least 4 members (excludes halogenated alkanes) is 1. The predicted octanol–water partition coefficient (Wildman–Crippen LogP) is 2.70. The van der Waals surface area contributed by atoms with Gasteiger partial charge in [-0.15, -0.1) is 0 Å². The first kappa shape index (κ1) is 24.9. The van der Waals surface area contributed by atoms with Gasteiger partial charge in [0.05, 0.1) is 12.7 Å². The first-order chi connectivity index (χ1) is 16.2. The zero-order valence-electron chi connectivity index (χ0n) is 20.0. The Bertz CT molecular complexity index is 1280. The number of fused-ring (bicyclic) bond motifs is 1. The van der Waals surface area contributed by atoms with Crippen molar-refractivity contribution >= 4 is 28.7 Å². The lowest BCUT2D eigenvalue weighted by Gasteiger charge is -2.12. The molecule has 0 unspecified atom stereocenters. The molecular formula is C24H31N5O5. The molecule has 10 nitrogen and oxygen atoms in total. The monoisotopic (exact) mass is 469 g/mol. The van der Waals surface area contributed by atoms with Crippen molar-refractivity contribution < 1.29 is 14.3 Å². The van der Waals surface area contributed by atoms with Gasteiger partial charge < -0.3 is 14.6 Å². The van der Waals surface area contributed by atoms with Crippen molar-refractivity contribution in [2.45, 2.75) is 59.5 Å². The number of ether oxygens (including phenoxy) is 1. The Morgan fingerprint density at radius 1 is 1.15 bits per heavy atom. The summed E-state index contributed by atoms with van der Waals surface area (Å²) in [6.07, 6.45) is 2.12. The summed E-state index contributed by atoms with van der Waals surface area (Å²) in [5.41, 5.74) is 0.720. The van der Waals surface area contributed by atoms with Crippen LogP contribution in [0.1, 0.15) is 56.2 Å². The molecule has 34 heavy (non-hydrogen) atoms. The molecule has 0 aliphatic heterocycles. The first-order valence-electron chi connectivity index (χ1n) is 11.5. The Labute approximate surface area is 197 Å². The summed E-state index contributed by atoms with van der Waals surface area (Å²) in [6, 6.07) is 6.41. The molecule has 10 heteroatoms. The van der Waals surface area contributed by atoms with Crippen LogP contribution in [0.5, 0.6) is 0 Å². The van der Waals surface area contributed by atoms with Crippen molar-refractivity contribution in [3.05, 3.63) is 56.5 Å². The molecule has 0 saturated carbocycles. The number of H-pyrrole nitrogens is 1. The van der Waals surface area contributed by atoms with E-state index in [2.05, 4.69) is 20.0 Å². The van der Waals surface area contributed by atoms with Crippen molar-refractivity contribution in [2.75, 3.05) is 12.4 Å². The minimum Gasteiger partial charge on any atom is -0.465 e. The number of esters is 1. The van der Waals surface area contributed by atoms with Crippen LogP contribution in [0.2, 0.25) is 0 Å². The summed E-state index contributed by atoms with van der Waals surface area (Å²) < 4.78 is 7.99. The summed E-state index contributed by atoms with van der Waals surface area (Å²) >= 11 is 0. The number of aryl methyl sites for hydroxylation is 2. The Balaban J connectivity index is 1.84. The predicted molar refractivity (Wildman–Crippen MR) is 129 cm³/mol. The highest BCUT2D eigenvalue weighted by Gasteiger charge is 2.20. The third-order valence-corrected chi connectivity index (χ3v) is 5.41. The van der Waals surface area contributed by atoms with Crippen molar-refractivity contribution in [3.8, 4) is 0 Å². The number of aromatic amines is 1. The van der Waals surface area contributed by atoms with Gasteiger partial charge in [0.1, 0.15) is 5.82 Å². The number of rotatable bonds is 10. The van der Waals surface area contributed by atoms with Gasteiger partial charge in [0, 0.05) is 31.6 Å². The lowest BCUT2D eigenvalue weighted by atomic mass is 10.2. The van der Waals surface area contributed by atoms with E-state index >= 15 is 0 Å². The second kappa shape index (κ2) is 11.0. The van der Waals surface area contributed by atoms with E-state index in [-0.39, 0.29) is 18.2 Å². The fourth-order valence-corrected chi connectivity index (χ4v) is 3.75. The standard InChI is InChI=1S/C24H31N5O5/c1-5-6-13-28-21-20(22(31)27-24(28)33)29(14-15(2)3)18(26-21)11-12-19(30)25-17-9-7-16(8-10-17)23(32)34-4/h7-10,15H,5-6,11-14H2,1-4H3,(H,25,30)(H,27,31,33). The van der Waals surface area contributed by atoms with Crippen molar-refractivity contribution in [1.29, 1.82) is 0 Å². The fourth-order valence-electron chi connectivity index (χ4n) is 3.75. The minimum atomic E-state index is -0.472. The number of amides is 1. The molecule has 0 atom stereocenters. The maximum Gasteiger partial charge on any atom is 0.337 e. The van der Waals surface area contributed by atoms with Gasteiger partial charge in [-0.25, -0.2) is 14.6 Å². The van der Waals surface area contributed by atoms with E-state index in [1.165, 1.54) is 11.7 Å². The summed E-state index contributed by atoms with van der Waals surface area (Å²) in [4.78, 5) is 56.3. The molecule has 0 radical (unpaired) electrons. The molecule has 2 aromatic heterocycles. The Kier molecular flexibility index (Phi) is 8.04. The average Bonchev–Trinajstić information content (AvgIpc) is 3.15. The number of anilines is 1. The van der Waals surface area contributed by atoms with Crippen molar-refractivity contribution in [3.63, 3.8) is 0 Å². The molecule has 0 aliphatic carbocycles. The summed E-state index contributed by atoms with van der Waals surface area (Å²) in [5.74, 6) is 0.135. The summed E-state index contributed by atoms with van der Waals surface area (Å²) in [7, 11) is 1.31. The van der Waals surface area contributed by atoms with E-state index in [0.717, 1.165) is 12.8 Å². The van der Waals surface area contributed by atoms with Crippen molar-refractivity contribution in [1.82, 2.24) is 19.1 Å². The Morgan fingerprint density at radius 2 is 1.85 bits per heavy atom. The molecule has 0 bridgehead atoms. The Morgan fingerprint density at radius 3 is 2.47 bits per heavy atom. The number of hydrogen-bond donors (Lipinski definition) is 2. The van der Waals surface area contributed by atoms with Crippen LogP contribution in [0.3, 0.4) is 0 Å². The van der Waals surface area contributed by atoms with Crippen LogP contribution in [-0.2, 0) is 29.0 Å². The van der Waals surface area contributed by atoms with Gasteiger partial charge in [0.25, 0.3) is 5.56 Å². The molecule has 182 valence electrons. The first-order valence-corrected chi connectivity index (χ1v) is 11.5.